The first-order valence-corrected chi connectivity index (χ1v) is 31.7. The van der Waals surface area contributed by atoms with Crippen molar-refractivity contribution in [2.75, 3.05) is 112 Å². The van der Waals surface area contributed by atoms with E-state index in [9.17, 15) is 84.5 Å². The van der Waals surface area contributed by atoms with Gasteiger partial charge in [-0.05, 0) is 46.5 Å². The number of nitrogens with zero attached hydrogens (tertiary/aromatic N) is 1. The van der Waals surface area contributed by atoms with Gasteiger partial charge in [-0.1, -0.05) is 20.8 Å². The topological polar surface area (TPSA) is 469 Å². The lowest BCUT2D eigenvalue weighted by Crippen LogP contribution is -2.59. The van der Waals surface area contributed by atoms with Crippen molar-refractivity contribution in [1.29, 1.82) is 0 Å². The summed E-state index contributed by atoms with van der Waals surface area (Å²) in [7, 11) is -4.19. The van der Waals surface area contributed by atoms with Gasteiger partial charge < -0.3 is 129 Å². The zero-order valence-corrected chi connectivity index (χ0v) is 52.2. The number of nitrogens with one attached hydrogen (secondary N) is 4. The van der Waals surface area contributed by atoms with Gasteiger partial charge in [0, 0.05) is 63.2 Å². The second-order valence-electron chi connectivity index (χ2n) is 23.9. The lowest BCUT2D eigenvalue weighted by Gasteiger charge is -2.40. The standard InChI is InChI=1S/C55H100N5O27P/c1-32-45(70)48(73)37(25-61)85-51(32)81-16-7-13-56-40(65)10-19-78-29-55(59-43(68)23-44(69)60-24-36(64)22-35(60)28-84-88(76,77)54(4,5)6,30-79-20-11-41(66)57-14-8-17-82-52-33(2)46(71)49(74)38(26-62)86-52)31-80-21-12-42(67)58-15-9-18-83-53-34(3)47(72)50(75)39(27-63)87-53/h32-39,45-53,61-64,70-75H,7-31H2,1-6H3,(H,56,65)(H,57,66)(H,58,67)(H,59,68)(H,76,77)/t32?,33?,34?,35-,36+,37?,38?,39?,45+,46+,47+,48-,49-,50-,51+,52+,53+,55?/m0/s1. The summed E-state index contributed by atoms with van der Waals surface area (Å²) in [6.07, 6.45) is -14.9. The van der Waals surface area contributed by atoms with E-state index in [0.29, 0.717) is 19.3 Å². The number of rotatable bonds is 39. The van der Waals surface area contributed by atoms with E-state index in [-0.39, 0.29) is 91.5 Å². The number of carbonyl (C=O) groups is 5. The van der Waals surface area contributed by atoms with Crippen LogP contribution in [0.15, 0.2) is 0 Å². The van der Waals surface area contributed by atoms with E-state index < -0.39 is 204 Å². The van der Waals surface area contributed by atoms with Crippen LogP contribution in [0, 0.1) is 17.8 Å². The molecule has 0 aromatic carbocycles. The molecule has 18 atom stereocenters. The van der Waals surface area contributed by atoms with Gasteiger partial charge in [0.1, 0.15) is 48.6 Å². The average molecular weight is 1290 g/mol. The Morgan fingerprint density at radius 3 is 1.23 bits per heavy atom. The lowest BCUT2D eigenvalue weighted by atomic mass is 9.92. The number of hydrogen-bond acceptors (Lipinski definition) is 26. The van der Waals surface area contributed by atoms with Gasteiger partial charge in [0.2, 0.25) is 29.5 Å². The summed E-state index contributed by atoms with van der Waals surface area (Å²) >= 11 is 0. The molecule has 4 rings (SSSR count). The van der Waals surface area contributed by atoms with Gasteiger partial charge in [-0.3, -0.25) is 28.5 Å². The van der Waals surface area contributed by atoms with Gasteiger partial charge in [-0.15, -0.1) is 0 Å². The molecule has 33 heteroatoms. The van der Waals surface area contributed by atoms with Crippen LogP contribution >= 0.6 is 7.60 Å². The lowest BCUT2D eigenvalue weighted by molar-refractivity contribution is -0.282. The summed E-state index contributed by atoms with van der Waals surface area (Å²) in [6, 6.07) is -0.872. The van der Waals surface area contributed by atoms with Crippen LogP contribution in [0.1, 0.15) is 92.9 Å². The van der Waals surface area contributed by atoms with Gasteiger partial charge in [0.05, 0.1) is 122 Å². The number of amides is 5. The number of ether oxygens (including phenoxy) is 9. The van der Waals surface area contributed by atoms with Crippen molar-refractivity contribution in [2.24, 2.45) is 17.8 Å². The van der Waals surface area contributed by atoms with E-state index >= 15 is 0 Å². The minimum absolute atomic E-state index is 0.00705. The molecule has 0 aliphatic carbocycles. The van der Waals surface area contributed by atoms with Crippen LogP contribution in [0.2, 0.25) is 0 Å². The number of hydrogen-bond donors (Lipinski definition) is 15. The fraction of sp³-hybridized carbons (Fsp3) is 0.909. The number of carbonyl (C=O) groups excluding carboxylic acids is 5. The van der Waals surface area contributed by atoms with E-state index in [4.69, 9.17) is 47.2 Å². The fourth-order valence-corrected chi connectivity index (χ4v) is 10.6. The minimum Gasteiger partial charge on any atom is -0.394 e. The Balaban J connectivity index is 1.41. The van der Waals surface area contributed by atoms with Gasteiger partial charge in [-0.2, -0.15) is 0 Å². The van der Waals surface area contributed by atoms with Crippen molar-refractivity contribution in [3.63, 3.8) is 0 Å². The Bertz CT molecular complexity index is 1990. The quantitative estimate of drug-likeness (QED) is 0.0156. The second-order valence-corrected chi connectivity index (χ2v) is 26.6. The van der Waals surface area contributed by atoms with Crippen LogP contribution in [0.25, 0.3) is 0 Å². The van der Waals surface area contributed by atoms with Gasteiger partial charge in [0.25, 0.3) is 0 Å². The zero-order valence-electron chi connectivity index (χ0n) is 51.3. The van der Waals surface area contributed by atoms with Crippen LogP contribution in [0.4, 0.5) is 0 Å². The van der Waals surface area contributed by atoms with Gasteiger partial charge in [0.15, 0.2) is 18.9 Å². The third-order valence-corrected chi connectivity index (χ3v) is 17.8. The molecular weight excluding hydrogens is 1190 g/mol. The summed E-state index contributed by atoms with van der Waals surface area (Å²) in [5, 5.41) is 110. The van der Waals surface area contributed by atoms with Crippen molar-refractivity contribution >= 4 is 37.1 Å². The molecule has 512 valence electrons. The van der Waals surface area contributed by atoms with Crippen molar-refractivity contribution in [1.82, 2.24) is 26.2 Å². The predicted octanol–water partition coefficient (Wildman–Crippen LogP) is -4.79. The molecule has 32 nitrogen and oxygen atoms in total. The summed E-state index contributed by atoms with van der Waals surface area (Å²) in [5.74, 6) is -4.80. The molecule has 4 aliphatic heterocycles. The van der Waals surface area contributed by atoms with Crippen LogP contribution in [-0.4, -0.2) is 299 Å². The Hall–Kier alpha value is -3.26. The van der Waals surface area contributed by atoms with Crippen molar-refractivity contribution in [2.45, 2.75) is 190 Å². The minimum atomic E-state index is -4.19. The maximum atomic E-state index is 14.1. The first-order chi connectivity index (χ1) is 41.6. The monoisotopic (exact) mass is 1290 g/mol. The highest BCUT2D eigenvalue weighted by molar-refractivity contribution is 7.54. The molecule has 4 fully saturated rings. The molecule has 4 heterocycles. The predicted molar refractivity (Wildman–Crippen MR) is 305 cm³/mol. The van der Waals surface area contributed by atoms with Gasteiger partial charge >= 0.3 is 7.60 Å². The Morgan fingerprint density at radius 2 is 0.898 bits per heavy atom. The van der Waals surface area contributed by atoms with E-state index in [0.717, 1.165) is 0 Å². The summed E-state index contributed by atoms with van der Waals surface area (Å²) in [5.41, 5.74) is -1.68. The van der Waals surface area contributed by atoms with Crippen LogP contribution in [0.3, 0.4) is 0 Å². The van der Waals surface area contributed by atoms with E-state index in [1.165, 1.54) is 25.7 Å². The molecular formula is C55H100N5O27P. The Labute approximate surface area is 513 Å². The number of aliphatic hydroxyl groups excluding tert-OH is 10. The smallest absolute Gasteiger partial charge is 0.333 e. The molecule has 15 N–H and O–H groups in total. The normalized spacial score (nSPS) is 31.6. The fourth-order valence-electron chi connectivity index (χ4n) is 9.84. The van der Waals surface area contributed by atoms with E-state index in [1.54, 1.807) is 20.8 Å². The van der Waals surface area contributed by atoms with E-state index in [2.05, 4.69) is 21.3 Å². The third-order valence-electron chi connectivity index (χ3n) is 15.6. The third kappa shape index (κ3) is 24.3. The zero-order chi connectivity index (χ0) is 65.4. The summed E-state index contributed by atoms with van der Waals surface area (Å²) < 4.78 is 70.2. The van der Waals surface area contributed by atoms with Crippen LogP contribution in [-0.2, 0) is 75.7 Å². The highest BCUT2D eigenvalue weighted by Gasteiger charge is 2.46. The second kappa shape index (κ2) is 38.1. The first-order valence-electron chi connectivity index (χ1n) is 30.1. The largest absolute Gasteiger partial charge is 0.394 e. The Kier molecular flexibility index (Phi) is 33.4. The van der Waals surface area contributed by atoms with Gasteiger partial charge in [-0.25, -0.2) is 0 Å². The molecule has 0 aromatic rings. The van der Waals surface area contributed by atoms with Crippen LogP contribution in [0.5, 0.6) is 0 Å². The van der Waals surface area contributed by atoms with Crippen molar-refractivity contribution in [3.05, 3.63) is 0 Å². The molecule has 0 aromatic heterocycles. The van der Waals surface area contributed by atoms with E-state index in [1.807, 2.05) is 0 Å². The maximum Gasteiger partial charge on any atom is 0.333 e. The van der Waals surface area contributed by atoms with Crippen molar-refractivity contribution in [3.8, 4) is 0 Å². The van der Waals surface area contributed by atoms with Crippen molar-refractivity contribution < 1.29 is 132 Å². The average Bonchev–Trinajstić information content (AvgIpc) is 4.12. The molecule has 4 saturated heterocycles. The number of β-amino-alcohol motifs (C(OH)–C–C–N with tert-alkyl or cyclic N) is 1. The Morgan fingerprint density at radius 1 is 0.545 bits per heavy atom. The highest BCUT2D eigenvalue weighted by Crippen LogP contribution is 2.55. The molecule has 0 bridgehead atoms. The SMILES string of the molecule is CC1[C@H](OCCCNC(=O)CCOCC(COCCC(=O)NCCCO[C@@H]2OC(CO)[C@H](O)[C@H](O)C2C)(COCCC(=O)NCCCO[C@@H]2OC(CO)[C@H](O)[C@H](O)C2C)NC(=O)CC(=O)N2C[C@H](O)C[C@H]2COP(=O)(O)C(C)(C)C)OC(CO)[C@H](O)[C@@H]1O. The molecule has 5 amide bonds. The molecule has 4 aliphatic rings. The number of aliphatic hydroxyl groups is 10. The summed E-state index contributed by atoms with van der Waals surface area (Å²) in [6.45, 7) is 5.93. The highest BCUT2D eigenvalue weighted by atomic mass is 31.2. The molecule has 7 unspecified atom stereocenters. The number of likely N-dealkylation sites (tertiary alicyclic amines) is 1. The maximum absolute atomic E-state index is 14.1. The molecule has 0 radical (unpaired) electrons. The molecule has 0 spiro atoms. The molecule has 88 heavy (non-hydrogen) atoms. The molecule has 0 saturated carbocycles. The summed E-state index contributed by atoms with van der Waals surface area (Å²) in [4.78, 5) is 78.7. The first kappa shape index (κ1) is 77.2. The van der Waals surface area contributed by atoms with Crippen LogP contribution < -0.4 is 21.3 Å².